The molecule has 0 aliphatic carbocycles. The number of carbonyl (C=O) groups excluding carboxylic acids is 2. The SMILES string of the molecule is CC(C)NC(=O)NCCN1C[C@H](C(N)=O)[C@@H](c2cnn(C)c2)C1. The third-order valence-corrected chi connectivity index (χ3v) is 4.05. The van der Waals surface area contributed by atoms with E-state index in [2.05, 4.69) is 20.6 Å². The maximum atomic E-state index is 11.7. The molecular weight excluding hydrogens is 296 g/mol. The van der Waals surface area contributed by atoms with Gasteiger partial charge in [0, 0.05) is 51.4 Å². The normalized spacial score (nSPS) is 21.6. The molecule has 0 bridgehead atoms. The second-order valence-electron chi connectivity index (χ2n) is 6.38. The molecule has 8 heteroatoms. The predicted molar refractivity (Wildman–Crippen MR) is 86.7 cm³/mol. The van der Waals surface area contributed by atoms with Crippen molar-refractivity contribution in [2.24, 2.45) is 18.7 Å². The number of hydrogen-bond acceptors (Lipinski definition) is 4. The minimum absolute atomic E-state index is 0.0608. The van der Waals surface area contributed by atoms with Crippen molar-refractivity contribution in [3.8, 4) is 0 Å². The number of aryl methyl sites for hydroxylation is 1. The molecule has 1 aromatic heterocycles. The number of nitrogens with two attached hydrogens (primary N) is 1. The second-order valence-corrected chi connectivity index (χ2v) is 6.38. The molecule has 0 unspecified atom stereocenters. The van der Waals surface area contributed by atoms with Crippen molar-refractivity contribution < 1.29 is 9.59 Å². The third kappa shape index (κ3) is 4.69. The van der Waals surface area contributed by atoms with Gasteiger partial charge in [-0.3, -0.25) is 9.48 Å². The Labute approximate surface area is 136 Å². The zero-order chi connectivity index (χ0) is 17.0. The average molecular weight is 322 g/mol. The first-order valence-electron chi connectivity index (χ1n) is 7.91. The van der Waals surface area contributed by atoms with Gasteiger partial charge < -0.3 is 21.3 Å². The highest BCUT2D eigenvalue weighted by Gasteiger charge is 2.37. The summed E-state index contributed by atoms with van der Waals surface area (Å²) in [5.74, 6) is -0.443. The Bertz CT molecular complexity index is 556. The molecule has 1 aliphatic rings. The molecule has 1 fully saturated rings. The minimum atomic E-state index is -0.285. The van der Waals surface area contributed by atoms with Gasteiger partial charge in [0.15, 0.2) is 0 Å². The number of nitrogens with zero attached hydrogens (tertiary/aromatic N) is 3. The quantitative estimate of drug-likeness (QED) is 0.664. The van der Waals surface area contributed by atoms with E-state index in [1.165, 1.54) is 0 Å². The van der Waals surface area contributed by atoms with Crippen molar-refractivity contribution >= 4 is 11.9 Å². The summed E-state index contributed by atoms with van der Waals surface area (Å²) in [6.45, 7) is 6.40. The number of hydrogen-bond donors (Lipinski definition) is 3. The average Bonchev–Trinajstić information content (AvgIpc) is 3.04. The smallest absolute Gasteiger partial charge is 0.315 e. The first-order chi connectivity index (χ1) is 10.9. The summed E-state index contributed by atoms with van der Waals surface area (Å²) in [4.78, 5) is 25.4. The first kappa shape index (κ1) is 17.3. The summed E-state index contributed by atoms with van der Waals surface area (Å²) >= 11 is 0. The van der Waals surface area contributed by atoms with Crippen LogP contribution in [0, 0.1) is 5.92 Å². The zero-order valence-corrected chi connectivity index (χ0v) is 14.0. The van der Waals surface area contributed by atoms with Gasteiger partial charge in [0.1, 0.15) is 0 Å². The molecule has 1 saturated heterocycles. The van der Waals surface area contributed by atoms with E-state index in [0.29, 0.717) is 19.6 Å². The summed E-state index contributed by atoms with van der Waals surface area (Å²) < 4.78 is 1.73. The molecule has 128 valence electrons. The van der Waals surface area contributed by atoms with E-state index in [1.54, 1.807) is 10.9 Å². The lowest BCUT2D eigenvalue weighted by Gasteiger charge is -2.16. The number of rotatable bonds is 6. The Morgan fingerprint density at radius 3 is 2.74 bits per heavy atom. The van der Waals surface area contributed by atoms with Gasteiger partial charge in [-0.2, -0.15) is 5.10 Å². The molecule has 8 nitrogen and oxygen atoms in total. The molecule has 4 N–H and O–H groups in total. The van der Waals surface area contributed by atoms with Gasteiger partial charge in [0.05, 0.1) is 12.1 Å². The molecular formula is C15H26N6O2. The Kier molecular flexibility index (Phi) is 5.59. The highest BCUT2D eigenvalue weighted by Crippen LogP contribution is 2.31. The van der Waals surface area contributed by atoms with Crippen LogP contribution in [-0.2, 0) is 11.8 Å². The maximum absolute atomic E-state index is 11.7. The van der Waals surface area contributed by atoms with Crippen LogP contribution in [0.25, 0.3) is 0 Å². The number of amides is 3. The lowest BCUT2D eigenvalue weighted by Crippen LogP contribution is -2.42. The van der Waals surface area contributed by atoms with E-state index in [1.807, 2.05) is 27.1 Å². The van der Waals surface area contributed by atoms with E-state index in [9.17, 15) is 9.59 Å². The van der Waals surface area contributed by atoms with Crippen molar-refractivity contribution in [2.75, 3.05) is 26.2 Å². The molecule has 2 atom stereocenters. The molecule has 1 aliphatic heterocycles. The van der Waals surface area contributed by atoms with Crippen molar-refractivity contribution in [3.05, 3.63) is 18.0 Å². The Balaban J connectivity index is 1.88. The molecule has 2 rings (SSSR count). The number of urea groups is 1. The Hall–Kier alpha value is -2.09. The number of aromatic nitrogens is 2. The van der Waals surface area contributed by atoms with Crippen molar-refractivity contribution in [2.45, 2.75) is 25.8 Å². The van der Waals surface area contributed by atoms with E-state index in [-0.39, 0.29) is 29.8 Å². The van der Waals surface area contributed by atoms with E-state index in [0.717, 1.165) is 12.1 Å². The fraction of sp³-hybridized carbons (Fsp3) is 0.667. The third-order valence-electron chi connectivity index (χ3n) is 4.05. The van der Waals surface area contributed by atoms with Crippen LogP contribution in [-0.4, -0.2) is 58.8 Å². The van der Waals surface area contributed by atoms with Gasteiger partial charge in [-0.1, -0.05) is 0 Å². The van der Waals surface area contributed by atoms with Crippen LogP contribution in [0.4, 0.5) is 4.79 Å². The van der Waals surface area contributed by atoms with Crippen LogP contribution in [0.3, 0.4) is 0 Å². The summed E-state index contributed by atoms with van der Waals surface area (Å²) in [5.41, 5.74) is 6.59. The van der Waals surface area contributed by atoms with Crippen LogP contribution < -0.4 is 16.4 Å². The van der Waals surface area contributed by atoms with Gasteiger partial charge in [0.2, 0.25) is 5.91 Å². The summed E-state index contributed by atoms with van der Waals surface area (Å²) in [6, 6.07) is -0.0644. The maximum Gasteiger partial charge on any atom is 0.315 e. The van der Waals surface area contributed by atoms with Crippen LogP contribution in [0.5, 0.6) is 0 Å². The summed E-state index contributed by atoms with van der Waals surface area (Å²) in [5, 5.41) is 9.77. The lowest BCUT2D eigenvalue weighted by molar-refractivity contribution is -0.121. The molecule has 0 saturated carbocycles. The highest BCUT2D eigenvalue weighted by atomic mass is 16.2. The zero-order valence-electron chi connectivity index (χ0n) is 14.0. The number of likely N-dealkylation sites (tertiary alicyclic amines) is 1. The van der Waals surface area contributed by atoms with Gasteiger partial charge >= 0.3 is 6.03 Å². The first-order valence-corrected chi connectivity index (χ1v) is 7.91. The largest absolute Gasteiger partial charge is 0.369 e. The highest BCUT2D eigenvalue weighted by molar-refractivity contribution is 5.78. The molecule has 23 heavy (non-hydrogen) atoms. The number of carbonyl (C=O) groups is 2. The molecule has 0 spiro atoms. The standard InChI is InChI=1S/C15H26N6O2/c1-10(2)19-15(23)17-4-5-21-8-12(13(9-21)14(16)22)11-6-18-20(3)7-11/h6-7,10,12-13H,4-5,8-9H2,1-3H3,(H2,16,22)(H2,17,19,23)/t12-,13+/m1/s1. The van der Waals surface area contributed by atoms with E-state index >= 15 is 0 Å². The van der Waals surface area contributed by atoms with Crippen LogP contribution in [0.2, 0.25) is 0 Å². The molecule has 0 aromatic carbocycles. The van der Waals surface area contributed by atoms with Gasteiger partial charge in [-0.25, -0.2) is 4.79 Å². The molecule has 2 heterocycles. The Morgan fingerprint density at radius 2 is 2.17 bits per heavy atom. The second kappa shape index (κ2) is 7.45. The van der Waals surface area contributed by atoms with E-state index < -0.39 is 0 Å². The van der Waals surface area contributed by atoms with Gasteiger partial charge in [-0.05, 0) is 19.4 Å². The monoisotopic (exact) mass is 322 g/mol. The van der Waals surface area contributed by atoms with Gasteiger partial charge in [-0.15, -0.1) is 0 Å². The summed E-state index contributed by atoms with van der Waals surface area (Å²) in [6.07, 6.45) is 3.72. The van der Waals surface area contributed by atoms with Crippen molar-refractivity contribution in [3.63, 3.8) is 0 Å². The fourth-order valence-electron chi connectivity index (χ4n) is 2.97. The lowest BCUT2D eigenvalue weighted by atomic mass is 9.90. The minimum Gasteiger partial charge on any atom is -0.369 e. The fourth-order valence-corrected chi connectivity index (χ4v) is 2.97. The Morgan fingerprint density at radius 1 is 1.43 bits per heavy atom. The van der Waals surface area contributed by atoms with Crippen molar-refractivity contribution in [1.29, 1.82) is 0 Å². The number of nitrogens with one attached hydrogen (secondary N) is 2. The molecule has 0 radical (unpaired) electrons. The van der Waals surface area contributed by atoms with Gasteiger partial charge in [0.25, 0.3) is 0 Å². The summed E-state index contributed by atoms with van der Waals surface area (Å²) in [7, 11) is 1.85. The predicted octanol–water partition coefficient (Wildman–Crippen LogP) is -0.372. The molecule has 1 aromatic rings. The molecule has 3 amide bonds. The number of primary amides is 1. The van der Waals surface area contributed by atoms with Crippen LogP contribution in [0.15, 0.2) is 12.4 Å². The van der Waals surface area contributed by atoms with E-state index in [4.69, 9.17) is 5.73 Å². The van der Waals surface area contributed by atoms with Crippen LogP contribution >= 0.6 is 0 Å². The topological polar surface area (TPSA) is 105 Å². The van der Waals surface area contributed by atoms with Crippen LogP contribution in [0.1, 0.15) is 25.3 Å². The van der Waals surface area contributed by atoms with Crippen molar-refractivity contribution in [1.82, 2.24) is 25.3 Å².